The van der Waals surface area contributed by atoms with Crippen molar-refractivity contribution in [1.29, 1.82) is 0 Å². The van der Waals surface area contributed by atoms with Crippen molar-refractivity contribution < 1.29 is 0 Å². The Morgan fingerprint density at radius 1 is 1.56 bits per heavy atom. The predicted octanol–water partition coefficient (Wildman–Crippen LogP) is 2.89. The van der Waals surface area contributed by atoms with Gasteiger partial charge in [-0.3, -0.25) is 4.68 Å². The summed E-state index contributed by atoms with van der Waals surface area (Å²) in [6.07, 6.45) is 3.79. The smallest absolute Gasteiger partial charge is 0.0701 e. The van der Waals surface area contributed by atoms with Crippen LogP contribution in [-0.2, 0) is 13.1 Å². The van der Waals surface area contributed by atoms with Crippen molar-refractivity contribution in [2.75, 3.05) is 0 Å². The fraction of sp³-hybridized carbons (Fsp3) is 0.364. The molecule has 1 atom stereocenters. The molecule has 0 aliphatic rings. The average Bonchev–Trinajstić information content (AvgIpc) is 2.87. The van der Waals surface area contributed by atoms with Gasteiger partial charge in [0.05, 0.1) is 10.3 Å². The highest BCUT2D eigenvalue weighted by molar-refractivity contribution is 9.11. The second-order valence-corrected chi connectivity index (χ2v) is 6.26. The minimum Gasteiger partial charge on any atom is -0.308 e. The van der Waals surface area contributed by atoms with Crippen LogP contribution in [0.3, 0.4) is 0 Å². The number of nitrogens with zero attached hydrogens (tertiary/aromatic N) is 2. The van der Waals surface area contributed by atoms with Crippen LogP contribution in [0.15, 0.2) is 34.4 Å². The van der Waals surface area contributed by atoms with E-state index in [-0.39, 0.29) is 0 Å². The number of nitrogens with one attached hydrogen (secondary N) is 1. The first kappa shape index (κ1) is 11.8. The zero-order valence-electron chi connectivity index (χ0n) is 9.06. The van der Waals surface area contributed by atoms with E-state index in [1.807, 2.05) is 23.1 Å². The molecule has 0 bridgehead atoms. The van der Waals surface area contributed by atoms with E-state index in [0.717, 1.165) is 13.1 Å². The van der Waals surface area contributed by atoms with Gasteiger partial charge in [0.25, 0.3) is 0 Å². The van der Waals surface area contributed by atoms with Gasteiger partial charge in [-0.15, -0.1) is 11.3 Å². The first-order valence-corrected chi connectivity index (χ1v) is 6.80. The topological polar surface area (TPSA) is 29.9 Å². The number of hydrogen-bond acceptors (Lipinski definition) is 3. The number of thiophene rings is 1. The molecule has 0 saturated carbocycles. The first-order chi connectivity index (χ1) is 7.74. The van der Waals surface area contributed by atoms with Gasteiger partial charge >= 0.3 is 0 Å². The van der Waals surface area contributed by atoms with E-state index in [1.165, 1.54) is 8.66 Å². The summed E-state index contributed by atoms with van der Waals surface area (Å²) in [5.41, 5.74) is 0. The molecule has 16 heavy (non-hydrogen) atoms. The number of aromatic nitrogens is 2. The molecule has 1 unspecified atom stereocenters. The van der Waals surface area contributed by atoms with Gasteiger partial charge in [0.15, 0.2) is 0 Å². The Labute approximate surface area is 108 Å². The fourth-order valence-electron chi connectivity index (χ4n) is 1.48. The monoisotopic (exact) mass is 299 g/mol. The van der Waals surface area contributed by atoms with E-state index >= 15 is 0 Å². The molecule has 0 saturated heterocycles. The van der Waals surface area contributed by atoms with Crippen LogP contribution >= 0.6 is 27.3 Å². The van der Waals surface area contributed by atoms with E-state index in [4.69, 9.17) is 0 Å². The zero-order valence-corrected chi connectivity index (χ0v) is 11.5. The summed E-state index contributed by atoms with van der Waals surface area (Å²) in [7, 11) is 0. The zero-order chi connectivity index (χ0) is 11.4. The Kier molecular flexibility index (Phi) is 4.15. The molecule has 0 aromatic carbocycles. The number of rotatable bonds is 5. The summed E-state index contributed by atoms with van der Waals surface area (Å²) in [6.45, 7) is 3.99. The Bertz CT molecular complexity index is 424. The van der Waals surface area contributed by atoms with Crippen LogP contribution in [0, 0.1) is 0 Å². The molecular weight excluding hydrogens is 286 g/mol. The van der Waals surface area contributed by atoms with Crippen LogP contribution in [0.2, 0.25) is 0 Å². The Balaban J connectivity index is 1.77. The normalized spacial score (nSPS) is 12.9. The van der Waals surface area contributed by atoms with Crippen LogP contribution in [0.1, 0.15) is 11.8 Å². The maximum absolute atomic E-state index is 4.19. The van der Waals surface area contributed by atoms with Gasteiger partial charge < -0.3 is 5.32 Å². The first-order valence-electron chi connectivity index (χ1n) is 5.19. The standard InChI is InChI=1S/C11H14BrN3S/c1-9(8-15-6-2-5-14-15)13-7-10-3-4-11(12)16-10/h2-6,9,13H,7-8H2,1H3. The highest BCUT2D eigenvalue weighted by atomic mass is 79.9. The van der Waals surface area contributed by atoms with Crippen molar-refractivity contribution in [3.05, 3.63) is 39.3 Å². The summed E-state index contributed by atoms with van der Waals surface area (Å²) >= 11 is 5.23. The minimum atomic E-state index is 0.417. The van der Waals surface area contributed by atoms with Crippen molar-refractivity contribution in [3.8, 4) is 0 Å². The summed E-state index contributed by atoms with van der Waals surface area (Å²) in [5.74, 6) is 0. The van der Waals surface area contributed by atoms with Crippen molar-refractivity contribution in [3.63, 3.8) is 0 Å². The fourth-order valence-corrected chi connectivity index (χ4v) is 2.91. The van der Waals surface area contributed by atoms with Gasteiger partial charge in [-0.2, -0.15) is 5.10 Å². The van der Waals surface area contributed by atoms with Crippen molar-refractivity contribution in [2.24, 2.45) is 0 Å². The van der Waals surface area contributed by atoms with Gasteiger partial charge in [-0.25, -0.2) is 0 Å². The van der Waals surface area contributed by atoms with Crippen molar-refractivity contribution in [2.45, 2.75) is 26.1 Å². The third kappa shape index (κ3) is 3.43. The van der Waals surface area contributed by atoms with Gasteiger partial charge in [0.2, 0.25) is 0 Å². The quantitative estimate of drug-likeness (QED) is 0.920. The summed E-state index contributed by atoms with van der Waals surface area (Å²) in [6, 6.07) is 6.59. The van der Waals surface area contributed by atoms with E-state index in [2.05, 4.69) is 45.4 Å². The van der Waals surface area contributed by atoms with E-state index in [9.17, 15) is 0 Å². The van der Waals surface area contributed by atoms with Crippen LogP contribution in [0.25, 0.3) is 0 Å². The molecule has 86 valence electrons. The molecular formula is C11H14BrN3S. The highest BCUT2D eigenvalue weighted by Crippen LogP contribution is 2.21. The van der Waals surface area contributed by atoms with Crippen molar-refractivity contribution in [1.82, 2.24) is 15.1 Å². The summed E-state index contributed by atoms with van der Waals surface area (Å²) in [5, 5.41) is 7.67. The molecule has 0 fully saturated rings. The van der Waals surface area contributed by atoms with E-state index < -0.39 is 0 Å². The minimum absolute atomic E-state index is 0.417. The lowest BCUT2D eigenvalue weighted by Crippen LogP contribution is -2.29. The molecule has 0 radical (unpaired) electrons. The van der Waals surface area contributed by atoms with Crippen LogP contribution in [-0.4, -0.2) is 15.8 Å². The Hall–Kier alpha value is -0.650. The van der Waals surface area contributed by atoms with Crippen LogP contribution in [0.4, 0.5) is 0 Å². The number of halogens is 1. The third-order valence-corrected chi connectivity index (χ3v) is 3.90. The molecule has 1 N–H and O–H groups in total. The molecule has 2 heterocycles. The van der Waals surface area contributed by atoms with E-state index in [0.29, 0.717) is 6.04 Å². The lowest BCUT2D eigenvalue weighted by Gasteiger charge is -2.12. The van der Waals surface area contributed by atoms with Gasteiger partial charge in [0, 0.05) is 29.9 Å². The highest BCUT2D eigenvalue weighted by Gasteiger charge is 2.03. The second kappa shape index (κ2) is 5.61. The molecule has 2 aromatic heterocycles. The second-order valence-electron chi connectivity index (χ2n) is 3.72. The number of hydrogen-bond donors (Lipinski definition) is 1. The van der Waals surface area contributed by atoms with Crippen LogP contribution in [0.5, 0.6) is 0 Å². The van der Waals surface area contributed by atoms with Crippen molar-refractivity contribution >= 4 is 27.3 Å². The van der Waals surface area contributed by atoms with Gasteiger partial charge in [0.1, 0.15) is 0 Å². The van der Waals surface area contributed by atoms with Crippen LogP contribution < -0.4 is 5.32 Å². The molecule has 0 amide bonds. The maximum Gasteiger partial charge on any atom is 0.0701 e. The summed E-state index contributed by atoms with van der Waals surface area (Å²) in [4.78, 5) is 1.35. The Morgan fingerprint density at radius 2 is 2.44 bits per heavy atom. The molecule has 3 nitrogen and oxygen atoms in total. The third-order valence-electron chi connectivity index (χ3n) is 2.27. The largest absolute Gasteiger partial charge is 0.308 e. The molecule has 2 rings (SSSR count). The maximum atomic E-state index is 4.19. The molecule has 2 aromatic rings. The Morgan fingerprint density at radius 3 is 3.06 bits per heavy atom. The molecule has 5 heteroatoms. The van der Waals surface area contributed by atoms with Gasteiger partial charge in [-0.05, 0) is 41.1 Å². The predicted molar refractivity (Wildman–Crippen MR) is 70.5 cm³/mol. The SMILES string of the molecule is CC(Cn1cccn1)NCc1ccc(Br)s1. The molecule has 0 spiro atoms. The molecule has 0 aliphatic carbocycles. The lowest BCUT2D eigenvalue weighted by atomic mass is 10.3. The van der Waals surface area contributed by atoms with Gasteiger partial charge in [-0.1, -0.05) is 0 Å². The lowest BCUT2D eigenvalue weighted by molar-refractivity contribution is 0.452. The molecule has 0 aliphatic heterocycles. The summed E-state index contributed by atoms with van der Waals surface area (Å²) < 4.78 is 3.13. The average molecular weight is 300 g/mol. The van der Waals surface area contributed by atoms with E-state index in [1.54, 1.807) is 11.3 Å².